The first-order chi connectivity index (χ1) is 16.1. The Balaban J connectivity index is 2.56. The van der Waals surface area contributed by atoms with E-state index in [1.165, 1.54) is 11.7 Å². The van der Waals surface area contributed by atoms with E-state index in [1.54, 1.807) is 26.0 Å². The number of hydrogen-bond donors (Lipinski definition) is 4. The monoisotopic (exact) mass is 471 g/mol. The third-order valence-electron chi connectivity index (χ3n) is 4.57. The van der Waals surface area contributed by atoms with E-state index in [-0.39, 0.29) is 53.1 Å². The number of amides is 2. The van der Waals surface area contributed by atoms with Gasteiger partial charge in [-0.05, 0) is 32.4 Å². The Bertz CT molecular complexity index is 1210. The van der Waals surface area contributed by atoms with E-state index in [1.807, 2.05) is 0 Å². The number of fused-ring (bicyclic) bond motifs is 1. The fourth-order valence-corrected chi connectivity index (χ4v) is 3.03. The van der Waals surface area contributed by atoms with Gasteiger partial charge in [0.15, 0.2) is 11.5 Å². The maximum absolute atomic E-state index is 13.3. The molecule has 0 aliphatic carbocycles. The van der Waals surface area contributed by atoms with Gasteiger partial charge in [-0.1, -0.05) is 6.58 Å². The third-order valence-corrected chi connectivity index (χ3v) is 4.57. The number of nitrogens with zero attached hydrogens (tertiary/aromatic N) is 3. The number of benzene rings is 1. The Hall–Kier alpha value is -4.35. The second kappa shape index (κ2) is 11.5. The Morgan fingerprint density at radius 3 is 2.59 bits per heavy atom. The van der Waals surface area contributed by atoms with Gasteiger partial charge >= 0.3 is 0 Å². The number of nitrogens with two attached hydrogens (primary N) is 3. The van der Waals surface area contributed by atoms with Crippen LogP contribution in [0.5, 0.6) is 11.5 Å². The molecule has 0 radical (unpaired) electrons. The van der Waals surface area contributed by atoms with Crippen molar-refractivity contribution in [3.8, 4) is 11.5 Å². The minimum Gasteiger partial charge on any atom is -0.491 e. The van der Waals surface area contributed by atoms with Crippen molar-refractivity contribution in [2.75, 3.05) is 19.0 Å². The summed E-state index contributed by atoms with van der Waals surface area (Å²) < 4.78 is 12.5. The van der Waals surface area contributed by atoms with Crippen LogP contribution < -0.4 is 37.6 Å². The molecule has 12 heteroatoms. The summed E-state index contributed by atoms with van der Waals surface area (Å²) in [5, 5.41) is 2.86. The average Bonchev–Trinajstić information content (AvgIpc) is 2.76. The summed E-state index contributed by atoms with van der Waals surface area (Å²) in [5.41, 5.74) is 15.9. The van der Waals surface area contributed by atoms with Crippen LogP contribution in [0.15, 0.2) is 46.1 Å². The number of ether oxygens (including phenoxy) is 2. The van der Waals surface area contributed by atoms with E-state index in [0.717, 1.165) is 12.4 Å². The van der Waals surface area contributed by atoms with Gasteiger partial charge in [-0.3, -0.25) is 24.3 Å². The van der Waals surface area contributed by atoms with Crippen LogP contribution in [0.25, 0.3) is 10.9 Å². The lowest BCUT2D eigenvalue weighted by atomic mass is 10.2. The van der Waals surface area contributed by atoms with E-state index in [2.05, 4.69) is 21.9 Å². The van der Waals surface area contributed by atoms with Crippen molar-refractivity contribution in [2.45, 2.75) is 32.7 Å². The molecule has 0 saturated carbocycles. The number of aliphatic imine (C=N–C) groups is 1. The van der Waals surface area contributed by atoms with Crippen molar-refractivity contribution in [2.24, 2.45) is 22.2 Å². The van der Waals surface area contributed by atoms with Gasteiger partial charge in [-0.2, -0.15) is 0 Å². The van der Waals surface area contributed by atoms with Crippen LogP contribution in [0, 0.1) is 0 Å². The number of carbonyl (C=O) groups excluding carboxylic acids is 2. The zero-order chi connectivity index (χ0) is 25.4. The van der Waals surface area contributed by atoms with Crippen molar-refractivity contribution in [3.63, 3.8) is 0 Å². The van der Waals surface area contributed by atoms with Gasteiger partial charge in [0.1, 0.15) is 11.3 Å². The zero-order valence-corrected chi connectivity index (χ0v) is 19.3. The highest BCUT2D eigenvalue weighted by molar-refractivity contribution is 6.17. The van der Waals surface area contributed by atoms with Gasteiger partial charge in [0.2, 0.25) is 11.9 Å². The second-order valence-electron chi connectivity index (χ2n) is 7.44. The normalized spacial score (nSPS) is 11.7. The Labute approximate surface area is 196 Å². The van der Waals surface area contributed by atoms with Crippen LogP contribution >= 0.6 is 0 Å². The summed E-state index contributed by atoms with van der Waals surface area (Å²) in [5.74, 6) is -0.607. The summed E-state index contributed by atoms with van der Waals surface area (Å²) in [6.45, 7) is 7.18. The summed E-state index contributed by atoms with van der Waals surface area (Å²) in [4.78, 5) is 45.2. The SMILES string of the molecule is C=C(N)N=C/C(=C\N)C(=O)Nc1nc2c(OC)c(OCCCC(N)=O)ccc2c(=O)n1C(C)C. The van der Waals surface area contributed by atoms with Crippen LogP contribution in [-0.4, -0.2) is 41.3 Å². The average molecular weight is 472 g/mol. The lowest BCUT2D eigenvalue weighted by Gasteiger charge is -2.19. The van der Waals surface area contributed by atoms with E-state index in [4.69, 9.17) is 26.7 Å². The van der Waals surface area contributed by atoms with E-state index >= 15 is 0 Å². The molecule has 0 atom stereocenters. The molecule has 34 heavy (non-hydrogen) atoms. The molecule has 2 amide bonds. The third kappa shape index (κ3) is 6.12. The van der Waals surface area contributed by atoms with Gasteiger partial charge < -0.3 is 26.7 Å². The largest absolute Gasteiger partial charge is 0.491 e. The molecule has 0 spiro atoms. The fourth-order valence-electron chi connectivity index (χ4n) is 3.03. The molecule has 0 bridgehead atoms. The number of aromatic nitrogens is 2. The molecule has 2 rings (SSSR count). The van der Waals surface area contributed by atoms with Crippen LogP contribution in [-0.2, 0) is 9.59 Å². The summed E-state index contributed by atoms with van der Waals surface area (Å²) >= 11 is 0. The molecule has 7 N–H and O–H groups in total. The first-order valence-electron chi connectivity index (χ1n) is 10.4. The summed E-state index contributed by atoms with van der Waals surface area (Å²) in [6, 6.07) is 2.81. The maximum atomic E-state index is 13.3. The predicted molar refractivity (Wildman–Crippen MR) is 130 cm³/mol. The smallest absolute Gasteiger partial charge is 0.263 e. The molecule has 0 aliphatic heterocycles. The second-order valence-corrected chi connectivity index (χ2v) is 7.44. The number of anilines is 1. The maximum Gasteiger partial charge on any atom is 0.263 e. The molecular weight excluding hydrogens is 442 g/mol. The van der Waals surface area contributed by atoms with Gasteiger partial charge in [0.05, 0.1) is 24.7 Å². The van der Waals surface area contributed by atoms with Crippen molar-refractivity contribution in [3.05, 3.63) is 46.7 Å². The van der Waals surface area contributed by atoms with Gasteiger partial charge in [0, 0.05) is 24.9 Å². The number of primary amides is 1. The lowest BCUT2D eigenvalue weighted by Crippen LogP contribution is -2.29. The lowest BCUT2D eigenvalue weighted by molar-refractivity contribution is -0.118. The Morgan fingerprint density at radius 1 is 1.32 bits per heavy atom. The zero-order valence-electron chi connectivity index (χ0n) is 19.3. The van der Waals surface area contributed by atoms with Crippen molar-refractivity contribution >= 4 is 34.9 Å². The first-order valence-corrected chi connectivity index (χ1v) is 10.4. The van der Waals surface area contributed by atoms with Crippen molar-refractivity contribution < 1.29 is 19.1 Å². The number of carbonyl (C=O) groups is 2. The topological polar surface area (TPSA) is 190 Å². The highest BCUT2D eigenvalue weighted by Crippen LogP contribution is 2.34. The first kappa shape index (κ1) is 25.9. The van der Waals surface area contributed by atoms with Gasteiger partial charge in [-0.25, -0.2) is 9.98 Å². The van der Waals surface area contributed by atoms with Crippen LogP contribution in [0.3, 0.4) is 0 Å². The molecule has 1 aromatic carbocycles. The number of hydrogen-bond acceptors (Lipinski definition) is 9. The quantitative estimate of drug-likeness (QED) is 0.211. The fraction of sp³-hybridized carbons (Fsp3) is 0.318. The molecule has 182 valence electrons. The molecule has 0 unspecified atom stereocenters. The molecule has 0 aliphatic rings. The molecule has 1 aromatic heterocycles. The van der Waals surface area contributed by atoms with Crippen molar-refractivity contribution in [1.29, 1.82) is 0 Å². The van der Waals surface area contributed by atoms with E-state index in [0.29, 0.717) is 12.2 Å². The molecule has 0 fully saturated rings. The minimum atomic E-state index is -0.661. The minimum absolute atomic E-state index is 0.0110. The summed E-state index contributed by atoms with van der Waals surface area (Å²) in [7, 11) is 1.41. The predicted octanol–water partition coefficient (Wildman–Crippen LogP) is 0.912. The van der Waals surface area contributed by atoms with E-state index < -0.39 is 17.4 Å². The van der Waals surface area contributed by atoms with Crippen LogP contribution in [0.4, 0.5) is 5.95 Å². The van der Waals surface area contributed by atoms with Gasteiger partial charge in [0.25, 0.3) is 11.5 Å². The van der Waals surface area contributed by atoms with Gasteiger partial charge in [-0.15, -0.1) is 0 Å². The van der Waals surface area contributed by atoms with Crippen LogP contribution in [0.2, 0.25) is 0 Å². The number of nitrogens with one attached hydrogen (secondary N) is 1. The molecule has 2 aromatic rings. The Kier molecular flexibility index (Phi) is 8.76. The van der Waals surface area contributed by atoms with E-state index in [9.17, 15) is 14.4 Å². The standard InChI is InChI=1S/C22H29N7O5/c1-12(2)29-21(32)15-7-8-16(34-9-5-6-17(25)30)19(33-4)18(15)27-22(29)28-20(31)14(10-23)11-26-13(3)24/h7-8,10-12H,3,5-6,9,23-24H2,1-2,4H3,(H2,25,30)(H,27,28,31)/b14-10+,26-11?. The molecular formula is C22H29N7O5. The number of methoxy groups -OCH3 is 1. The number of rotatable bonds is 11. The molecule has 12 nitrogen and oxygen atoms in total. The highest BCUT2D eigenvalue weighted by Gasteiger charge is 2.21. The Morgan fingerprint density at radius 2 is 2.03 bits per heavy atom. The van der Waals surface area contributed by atoms with Crippen LogP contribution in [0.1, 0.15) is 32.7 Å². The summed E-state index contributed by atoms with van der Waals surface area (Å²) in [6.07, 6.45) is 2.76. The van der Waals surface area contributed by atoms with Crippen molar-refractivity contribution in [1.82, 2.24) is 9.55 Å². The molecule has 1 heterocycles. The molecule has 0 saturated heterocycles. The highest BCUT2D eigenvalue weighted by atomic mass is 16.5.